The first kappa shape index (κ1) is 12.1. The van der Waals surface area contributed by atoms with E-state index in [1.165, 1.54) is 37.7 Å². The largest absolute Gasteiger partial charge is 0.327 e. The molecule has 1 aromatic rings. The molecule has 2 rings (SSSR count). The van der Waals surface area contributed by atoms with Crippen molar-refractivity contribution in [3.63, 3.8) is 0 Å². The van der Waals surface area contributed by atoms with Crippen LogP contribution in [0.4, 0.5) is 0 Å². The second kappa shape index (κ2) is 5.83. The van der Waals surface area contributed by atoms with Crippen molar-refractivity contribution >= 4 is 15.9 Å². The molecule has 2 atom stereocenters. The molecule has 16 heavy (non-hydrogen) atoms. The lowest BCUT2D eigenvalue weighted by atomic mass is 9.89. The first-order chi connectivity index (χ1) is 7.75. The summed E-state index contributed by atoms with van der Waals surface area (Å²) in [6, 6.07) is 9.07. The van der Waals surface area contributed by atoms with E-state index in [1.54, 1.807) is 0 Å². The van der Waals surface area contributed by atoms with Gasteiger partial charge in [0.05, 0.1) is 0 Å². The van der Waals surface area contributed by atoms with Crippen molar-refractivity contribution in [2.24, 2.45) is 11.7 Å². The van der Waals surface area contributed by atoms with Gasteiger partial charge in [-0.1, -0.05) is 47.3 Å². The Bertz CT molecular complexity index is 320. The van der Waals surface area contributed by atoms with Gasteiger partial charge in [0.15, 0.2) is 0 Å². The maximum atomic E-state index is 6.25. The Balaban J connectivity index is 1.99. The molecule has 0 saturated heterocycles. The van der Waals surface area contributed by atoms with Crippen LogP contribution in [0.15, 0.2) is 28.7 Å². The number of hydrogen-bond donors (Lipinski definition) is 1. The minimum absolute atomic E-state index is 0.408. The van der Waals surface area contributed by atoms with Crippen LogP contribution in [0.25, 0.3) is 0 Å². The van der Waals surface area contributed by atoms with Gasteiger partial charge in [0.2, 0.25) is 0 Å². The third-order valence-electron chi connectivity index (χ3n) is 3.63. The number of halogens is 1. The Morgan fingerprint density at radius 1 is 1.06 bits per heavy atom. The van der Waals surface area contributed by atoms with Gasteiger partial charge in [-0.3, -0.25) is 0 Å². The van der Waals surface area contributed by atoms with Crippen molar-refractivity contribution in [3.05, 3.63) is 34.3 Å². The highest BCUT2D eigenvalue weighted by Gasteiger charge is 2.20. The molecule has 88 valence electrons. The number of nitrogens with two attached hydrogens (primary N) is 1. The van der Waals surface area contributed by atoms with Crippen LogP contribution in [0.3, 0.4) is 0 Å². The Morgan fingerprint density at radius 3 is 2.50 bits per heavy atom. The fourth-order valence-corrected chi connectivity index (χ4v) is 2.85. The highest BCUT2D eigenvalue weighted by Crippen LogP contribution is 2.25. The van der Waals surface area contributed by atoms with Crippen molar-refractivity contribution in [3.8, 4) is 0 Å². The van der Waals surface area contributed by atoms with Crippen LogP contribution in [0.5, 0.6) is 0 Å². The molecule has 1 fully saturated rings. The lowest BCUT2D eigenvalue weighted by Gasteiger charge is -2.21. The molecule has 0 amide bonds. The van der Waals surface area contributed by atoms with Gasteiger partial charge in [-0.05, 0) is 42.9 Å². The smallest absolute Gasteiger partial charge is 0.0175 e. The number of rotatable bonds is 2. The lowest BCUT2D eigenvalue weighted by Crippen LogP contribution is -2.30. The summed E-state index contributed by atoms with van der Waals surface area (Å²) in [6.45, 7) is 0. The van der Waals surface area contributed by atoms with Crippen molar-refractivity contribution in [2.75, 3.05) is 0 Å². The van der Waals surface area contributed by atoms with E-state index in [9.17, 15) is 0 Å². The van der Waals surface area contributed by atoms with Crippen molar-refractivity contribution < 1.29 is 0 Å². The maximum Gasteiger partial charge on any atom is 0.0175 e. The third-order valence-corrected chi connectivity index (χ3v) is 4.16. The van der Waals surface area contributed by atoms with E-state index >= 15 is 0 Å². The molecular formula is C14H20BrN. The molecule has 0 spiro atoms. The van der Waals surface area contributed by atoms with E-state index in [0.717, 1.165) is 10.9 Å². The third kappa shape index (κ3) is 3.33. The molecule has 1 saturated carbocycles. The highest BCUT2D eigenvalue weighted by atomic mass is 79.9. The Labute approximate surface area is 107 Å². The average molecular weight is 282 g/mol. The minimum Gasteiger partial charge on any atom is -0.327 e. The van der Waals surface area contributed by atoms with Gasteiger partial charge in [-0.15, -0.1) is 0 Å². The SMILES string of the molecule is NC1CCCCCC1Cc1ccc(Br)cc1. The normalized spacial score (nSPS) is 26.4. The summed E-state index contributed by atoms with van der Waals surface area (Å²) in [5, 5.41) is 0. The first-order valence-electron chi connectivity index (χ1n) is 6.26. The first-order valence-corrected chi connectivity index (χ1v) is 7.05. The summed E-state index contributed by atoms with van der Waals surface area (Å²) in [5.41, 5.74) is 7.67. The summed E-state index contributed by atoms with van der Waals surface area (Å²) >= 11 is 3.47. The van der Waals surface area contributed by atoms with Crippen molar-refractivity contribution in [1.82, 2.24) is 0 Å². The van der Waals surface area contributed by atoms with E-state index in [0.29, 0.717) is 12.0 Å². The van der Waals surface area contributed by atoms with Crippen LogP contribution in [0.2, 0.25) is 0 Å². The molecule has 2 unspecified atom stereocenters. The standard InChI is InChI=1S/C14H20BrN/c15-13-8-6-11(7-9-13)10-12-4-2-1-3-5-14(12)16/h6-9,12,14H,1-5,10,16H2. The van der Waals surface area contributed by atoms with Crippen LogP contribution in [0, 0.1) is 5.92 Å². The van der Waals surface area contributed by atoms with Gasteiger partial charge in [0, 0.05) is 10.5 Å². The zero-order valence-electron chi connectivity index (χ0n) is 9.66. The van der Waals surface area contributed by atoms with Crippen LogP contribution in [0.1, 0.15) is 37.7 Å². The Morgan fingerprint density at radius 2 is 1.75 bits per heavy atom. The van der Waals surface area contributed by atoms with E-state index in [4.69, 9.17) is 5.73 Å². The molecule has 2 heteroatoms. The second-order valence-electron chi connectivity index (χ2n) is 4.89. The molecule has 0 aromatic heterocycles. The number of hydrogen-bond acceptors (Lipinski definition) is 1. The molecule has 2 N–H and O–H groups in total. The summed E-state index contributed by atoms with van der Waals surface area (Å²) in [7, 11) is 0. The molecule has 0 bridgehead atoms. The van der Waals surface area contributed by atoms with E-state index in [2.05, 4.69) is 40.2 Å². The lowest BCUT2D eigenvalue weighted by molar-refractivity contribution is 0.395. The second-order valence-corrected chi connectivity index (χ2v) is 5.81. The van der Waals surface area contributed by atoms with Crippen LogP contribution in [-0.4, -0.2) is 6.04 Å². The van der Waals surface area contributed by atoms with Gasteiger partial charge >= 0.3 is 0 Å². The average Bonchev–Trinajstić information content (AvgIpc) is 2.48. The van der Waals surface area contributed by atoms with Crippen LogP contribution >= 0.6 is 15.9 Å². The fourth-order valence-electron chi connectivity index (χ4n) is 2.59. The molecule has 1 aromatic carbocycles. The zero-order chi connectivity index (χ0) is 11.4. The maximum absolute atomic E-state index is 6.25. The Hall–Kier alpha value is -0.340. The minimum atomic E-state index is 0.408. The molecule has 1 aliphatic carbocycles. The molecular weight excluding hydrogens is 262 g/mol. The molecule has 0 heterocycles. The van der Waals surface area contributed by atoms with Gasteiger partial charge in [-0.2, -0.15) is 0 Å². The summed E-state index contributed by atoms with van der Waals surface area (Å²) in [6.07, 6.45) is 7.70. The Kier molecular flexibility index (Phi) is 4.42. The van der Waals surface area contributed by atoms with Gasteiger partial charge < -0.3 is 5.73 Å². The predicted molar refractivity (Wildman–Crippen MR) is 72.4 cm³/mol. The van der Waals surface area contributed by atoms with E-state index in [1.807, 2.05) is 0 Å². The summed E-state index contributed by atoms with van der Waals surface area (Å²) in [5.74, 6) is 0.684. The molecule has 0 radical (unpaired) electrons. The summed E-state index contributed by atoms with van der Waals surface area (Å²) in [4.78, 5) is 0. The number of benzene rings is 1. The van der Waals surface area contributed by atoms with E-state index in [-0.39, 0.29) is 0 Å². The molecule has 0 aliphatic heterocycles. The molecule has 1 nitrogen and oxygen atoms in total. The fraction of sp³-hybridized carbons (Fsp3) is 0.571. The van der Waals surface area contributed by atoms with Crippen LogP contribution in [-0.2, 0) is 6.42 Å². The zero-order valence-corrected chi connectivity index (χ0v) is 11.2. The highest BCUT2D eigenvalue weighted by molar-refractivity contribution is 9.10. The topological polar surface area (TPSA) is 26.0 Å². The van der Waals surface area contributed by atoms with Gasteiger partial charge in [0.1, 0.15) is 0 Å². The van der Waals surface area contributed by atoms with Crippen LogP contribution < -0.4 is 5.73 Å². The van der Waals surface area contributed by atoms with Gasteiger partial charge in [-0.25, -0.2) is 0 Å². The van der Waals surface area contributed by atoms with E-state index < -0.39 is 0 Å². The molecule has 1 aliphatic rings. The predicted octanol–water partition coefficient (Wildman–Crippen LogP) is 3.90. The quantitative estimate of drug-likeness (QED) is 0.818. The van der Waals surface area contributed by atoms with Crippen molar-refractivity contribution in [1.29, 1.82) is 0 Å². The monoisotopic (exact) mass is 281 g/mol. The summed E-state index contributed by atoms with van der Waals surface area (Å²) < 4.78 is 1.15. The van der Waals surface area contributed by atoms with Crippen molar-refractivity contribution in [2.45, 2.75) is 44.6 Å². The van der Waals surface area contributed by atoms with Gasteiger partial charge in [0.25, 0.3) is 0 Å².